The topological polar surface area (TPSA) is 44.4 Å². The summed E-state index contributed by atoms with van der Waals surface area (Å²) < 4.78 is 2.17. The zero-order valence-corrected chi connectivity index (χ0v) is 16.0. The Balaban J connectivity index is 1.81. The van der Waals surface area contributed by atoms with E-state index in [1.165, 1.54) is 11.3 Å². The number of fused-ring (bicyclic) bond motifs is 3. The van der Waals surface area contributed by atoms with Gasteiger partial charge in [0.25, 0.3) is 0 Å². The van der Waals surface area contributed by atoms with Gasteiger partial charge in [0.05, 0.1) is 11.0 Å². The molecule has 0 aliphatic carbocycles. The van der Waals surface area contributed by atoms with Gasteiger partial charge in [0, 0.05) is 43.5 Å². The molecule has 1 aliphatic rings. The zero-order valence-electron chi connectivity index (χ0n) is 16.0. The van der Waals surface area contributed by atoms with Crippen molar-refractivity contribution in [1.29, 1.82) is 0 Å². The highest BCUT2D eigenvalue weighted by molar-refractivity contribution is 5.88. The molecule has 4 heteroatoms. The van der Waals surface area contributed by atoms with Crippen LogP contribution < -0.4 is 9.47 Å². The average Bonchev–Trinajstić information content (AvgIpc) is 2.88. The van der Waals surface area contributed by atoms with Crippen LogP contribution in [-0.2, 0) is 5.41 Å². The van der Waals surface area contributed by atoms with Crippen molar-refractivity contribution in [1.82, 2.24) is 0 Å². The van der Waals surface area contributed by atoms with Gasteiger partial charge >= 0.3 is 5.97 Å². The Morgan fingerprint density at radius 1 is 0.963 bits per heavy atom. The fourth-order valence-electron chi connectivity index (χ4n) is 3.84. The lowest BCUT2D eigenvalue weighted by Gasteiger charge is -2.15. The summed E-state index contributed by atoms with van der Waals surface area (Å²) in [5.74, 6) is -0.892. The number of aromatic carboxylic acids is 1. The fourth-order valence-corrected chi connectivity index (χ4v) is 3.84. The largest absolute Gasteiger partial charge is 0.478 e. The van der Waals surface area contributed by atoms with Gasteiger partial charge in [-0.3, -0.25) is 0 Å². The molecule has 0 saturated carbocycles. The number of carboxylic acid groups (broad SMARTS) is 1. The molecular weight excluding hydrogens is 336 g/mol. The Morgan fingerprint density at radius 3 is 2.30 bits per heavy atom. The lowest BCUT2D eigenvalue weighted by molar-refractivity contribution is -0.599. The molecular formula is C23H23N2O2+. The first-order valence-electron chi connectivity index (χ1n) is 9.01. The monoisotopic (exact) mass is 359 g/mol. The quantitative estimate of drug-likeness (QED) is 0.718. The van der Waals surface area contributed by atoms with E-state index in [0.717, 1.165) is 22.5 Å². The average molecular weight is 359 g/mol. The van der Waals surface area contributed by atoms with Crippen molar-refractivity contribution < 1.29 is 14.5 Å². The van der Waals surface area contributed by atoms with Crippen LogP contribution in [0, 0.1) is 0 Å². The molecule has 2 aromatic carbocycles. The first kappa shape index (κ1) is 17.3. The second-order valence-corrected chi connectivity index (χ2v) is 7.77. The first-order valence-corrected chi connectivity index (χ1v) is 9.01. The highest BCUT2D eigenvalue weighted by Crippen LogP contribution is 2.39. The van der Waals surface area contributed by atoms with E-state index in [1.54, 1.807) is 12.1 Å². The van der Waals surface area contributed by atoms with E-state index < -0.39 is 5.97 Å². The minimum atomic E-state index is -0.892. The van der Waals surface area contributed by atoms with E-state index in [9.17, 15) is 9.90 Å². The number of hydrogen-bond donors (Lipinski definition) is 1. The lowest BCUT2D eigenvalue weighted by atomic mass is 9.82. The Labute approximate surface area is 159 Å². The second-order valence-electron chi connectivity index (χ2n) is 7.77. The molecule has 1 aromatic heterocycles. The van der Waals surface area contributed by atoms with Crippen LogP contribution in [0.25, 0.3) is 16.8 Å². The standard InChI is InChI=1S/C23H22N2O2/c1-23(2)19-13-17(22(26)27)7-10-20(19)25-12-11-16(14-21(23)25)15-5-8-18(9-6-15)24(3)4/h5-14H,1-4H3/p+1. The molecule has 1 N–H and O–H groups in total. The zero-order chi connectivity index (χ0) is 19.3. The minimum absolute atomic E-state index is 0.264. The van der Waals surface area contributed by atoms with Gasteiger partial charge in [-0.15, -0.1) is 0 Å². The van der Waals surface area contributed by atoms with Gasteiger partial charge < -0.3 is 10.0 Å². The number of rotatable bonds is 3. The summed E-state index contributed by atoms with van der Waals surface area (Å²) in [6.07, 6.45) is 2.08. The maximum absolute atomic E-state index is 11.4. The van der Waals surface area contributed by atoms with Crippen molar-refractivity contribution in [2.24, 2.45) is 0 Å². The normalized spacial score (nSPS) is 13.8. The van der Waals surface area contributed by atoms with Gasteiger partial charge in [-0.1, -0.05) is 12.1 Å². The number of nitrogens with zero attached hydrogens (tertiary/aromatic N) is 2. The molecule has 136 valence electrons. The van der Waals surface area contributed by atoms with E-state index in [-0.39, 0.29) is 5.41 Å². The molecule has 2 heterocycles. The van der Waals surface area contributed by atoms with Crippen LogP contribution in [0.1, 0.15) is 35.5 Å². The predicted molar refractivity (Wildman–Crippen MR) is 107 cm³/mol. The first-order chi connectivity index (χ1) is 12.8. The van der Waals surface area contributed by atoms with Crippen LogP contribution >= 0.6 is 0 Å². The molecule has 0 saturated heterocycles. The molecule has 3 aromatic rings. The summed E-state index contributed by atoms with van der Waals surface area (Å²) in [5.41, 5.74) is 6.82. The predicted octanol–water partition coefficient (Wildman–Crippen LogP) is 4.03. The summed E-state index contributed by atoms with van der Waals surface area (Å²) in [6.45, 7) is 4.30. The number of anilines is 1. The fraction of sp³-hybridized carbons (Fsp3) is 0.217. The van der Waals surface area contributed by atoms with E-state index >= 15 is 0 Å². The van der Waals surface area contributed by atoms with E-state index in [1.807, 2.05) is 20.2 Å². The Kier molecular flexibility index (Phi) is 3.81. The Bertz CT molecular complexity index is 1050. The third-order valence-electron chi connectivity index (χ3n) is 5.49. The third kappa shape index (κ3) is 2.69. The maximum atomic E-state index is 11.4. The van der Waals surface area contributed by atoms with Gasteiger partial charge in [0.15, 0.2) is 11.9 Å². The summed E-state index contributed by atoms with van der Waals surface area (Å²) >= 11 is 0. The van der Waals surface area contributed by atoms with Crippen LogP contribution in [-0.4, -0.2) is 25.2 Å². The van der Waals surface area contributed by atoms with Crippen LogP contribution in [0.4, 0.5) is 5.69 Å². The van der Waals surface area contributed by atoms with E-state index in [0.29, 0.717) is 5.56 Å². The molecule has 27 heavy (non-hydrogen) atoms. The van der Waals surface area contributed by atoms with Crippen LogP contribution in [0.3, 0.4) is 0 Å². The molecule has 4 nitrogen and oxygen atoms in total. The molecule has 4 rings (SSSR count). The van der Waals surface area contributed by atoms with Crippen LogP contribution in [0.2, 0.25) is 0 Å². The smallest absolute Gasteiger partial charge is 0.335 e. The molecule has 0 unspecified atom stereocenters. The highest BCUT2D eigenvalue weighted by Gasteiger charge is 2.44. The molecule has 0 bridgehead atoms. The van der Waals surface area contributed by atoms with E-state index in [2.05, 4.69) is 65.9 Å². The molecule has 0 spiro atoms. The van der Waals surface area contributed by atoms with Crippen molar-refractivity contribution in [3.05, 3.63) is 77.6 Å². The van der Waals surface area contributed by atoms with Crippen LogP contribution in [0.15, 0.2) is 60.8 Å². The van der Waals surface area contributed by atoms with Crippen molar-refractivity contribution >= 4 is 11.7 Å². The third-order valence-corrected chi connectivity index (χ3v) is 5.49. The summed E-state index contributed by atoms with van der Waals surface area (Å²) in [4.78, 5) is 13.5. The molecule has 0 radical (unpaired) electrons. The molecule has 1 aliphatic heterocycles. The number of benzene rings is 2. The van der Waals surface area contributed by atoms with Crippen molar-refractivity contribution in [2.45, 2.75) is 19.3 Å². The van der Waals surface area contributed by atoms with Gasteiger partial charge in [0.1, 0.15) is 0 Å². The van der Waals surface area contributed by atoms with Gasteiger partial charge in [-0.05, 0) is 49.2 Å². The van der Waals surface area contributed by atoms with Gasteiger partial charge in [0.2, 0.25) is 5.69 Å². The number of carboxylic acids is 1. The summed E-state index contributed by atoms with van der Waals surface area (Å²) in [6, 6.07) is 18.2. The molecule has 0 atom stereocenters. The Morgan fingerprint density at radius 2 is 1.67 bits per heavy atom. The lowest BCUT2D eigenvalue weighted by Crippen LogP contribution is -2.34. The second kappa shape index (κ2) is 5.95. The SMILES string of the molecule is CN(C)c1ccc(-c2cc[n+]3c(c2)C(C)(C)c2cc(C(=O)O)ccc2-3)cc1. The highest BCUT2D eigenvalue weighted by atomic mass is 16.4. The van der Waals surface area contributed by atoms with Crippen molar-refractivity contribution in [2.75, 3.05) is 19.0 Å². The minimum Gasteiger partial charge on any atom is -0.478 e. The number of aromatic nitrogens is 1. The van der Waals surface area contributed by atoms with Crippen LogP contribution in [0.5, 0.6) is 0 Å². The van der Waals surface area contributed by atoms with Crippen molar-refractivity contribution in [3.63, 3.8) is 0 Å². The van der Waals surface area contributed by atoms with Gasteiger partial charge in [-0.25, -0.2) is 4.79 Å². The number of hydrogen-bond acceptors (Lipinski definition) is 2. The molecule has 0 fully saturated rings. The van der Waals surface area contributed by atoms with Gasteiger partial charge in [-0.2, -0.15) is 4.57 Å². The summed E-state index contributed by atoms with van der Waals surface area (Å²) in [5, 5.41) is 9.35. The Hall–Kier alpha value is -3.14. The number of pyridine rings is 1. The summed E-state index contributed by atoms with van der Waals surface area (Å²) in [7, 11) is 4.07. The van der Waals surface area contributed by atoms with E-state index in [4.69, 9.17) is 0 Å². The maximum Gasteiger partial charge on any atom is 0.335 e. The van der Waals surface area contributed by atoms with Crippen molar-refractivity contribution in [3.8, 4) is 16.8 Å². The molecule has 0 amide bonds. The number of carbonyl (C=O) groups is 1.